The van der Waals surface area contributed by atoms with Crippen molar-refractivity contribution in [1.29, 1.82) is 0 Å². The van der Waals surface area contributed by atoms with Crippen molar-refractivity contribution in [3.63, 3.8) is 0 Å². The van der Waals surface area contributed by atoms with E-state index < -0.39 is 0 Å². The van der Waals surface area contributed by atoms with Crippen LogP contribution in [0.15, 0.2) is 18.2 Å². The molecule has 0 aromatic heterocycles. The van der Waals surface area contributed by atoms with E-state index in [9.17, 15) is 0 Å². The molecule has 0 bridgehead atoms. The summed E-state index contributed by atoms with van der Waals surface area (Å²) in [5.74, 6) is 0. The van der Waals surface area contributed by atoms with Gasteiger partial charge in [-0.3, -0.25) is 9.80 Å². The molecule has 0 N–H and O–H groups in total. The van der Waals surface area contributed by atoms with E-state index in [0.29, 0.717) is 14.9 Å². The fourth-order valence-electron chi connectivity index (χ4n) is 2.38. The predicted molar refractivity (Wildman–Crippen MR) is 86.6 cm³/mol. The molecule has 106 valence electrons. The second-order valence-electron chi connectivity index (χ2n) is 5.11. The maximum Gasteiger partial charge on any atom is 0.0595 e. The lowest BCUT2D eigenvalue weighted by atomic mass is 10.2. The SMILES string of the molecule is CC(Br)CN1CCN(Cc2ccc(Cl)c(Cl)c2)CC1. The molecule has 2 nitrogen and oxygen atoms in total. The summed E-state index contributed by atoms with van der Waals surface area (Å²) in [6, 6.07) is 5.90. The van der Waals surface area contributed by atoms with Crippen LogP contribution in [0, 0.1) is 0 Å². The molecule has 0 radical (unpaired) electrons. The monoisotopic (exact) mass is 364 g/mol. The summed E-state index contributed by atoms with van der Waals surface area (Å²) in [4.78, 5) is 5.54. The lowest BCUT2D eigenvalue weighted by Crippen LogP contribution is -2.47. The summed E-state index contributed by atoms with van der Waals surface area (Å²) in [6.07, 6.45) is 0. The van der Waals surface area contributed by atoms with Gasteiger partial charge in [-0.1, -0.05) is 52.1 Å². The van der Waals surface area contributed by atoms with Gasteiger partial charge in [0.2, 0.25) is 0 Å². The molecular formula is C14H19BrCl2N2. The van der Waals surface area contributed by atoms with Gasteiger partial charge in [-0.05, 0) is 17.7 Å². The zero-order chi connectivity index (χ0) is 13.8. The van der Waals surface area contributed by atoms with Crippen molar-refractivity contribution in [2.45, 2.75) is 18.3 Å². The Kier molecular flexibility index (Phi) is 5.97. The van der Waals surface area contributed by atoms with Crippen LogP contribution in [0.4, 0.5) is 0 Å². The number of alkyl halides is 1. The Labute approximate surface area is 133 Å². The summed E-state index contributed by atoms with van der Waals surface area (Å²) >= 11 is 15.6. The molecule has 1 aromatic carbocycles. The summed E-state index contributed by atoms with van der Waals surface area (Å²) in [5, 5.41) is 1.27. The molecule has 1 saturated heterocycles. The predicted octanol–water partition coefficient (Wildman–Crippen LogP) is 3.89. The Hall–Kier alpha value is 0.200. The molecule has 1 aliphatic rings. The lowest BCUT2D eigenvalue weighted by Gasteiger charge is -2.35. The number of nitrogens with zero attached hydrogens (tertiary/aromatic N) is 2. The fraction of sp³-hybridized carbons (Fsp3) is 0.571. The van der Waals surface area contributed by atoms with Crippen LogP contribution in [0.5, 0.6) is 0 Å². The minimum atomic E-state index is 0.564. The quantitative estimate of drug-likeness (QED) is 0.746. The number of halogens is 3. The van der Waals surface area contributed by atoms with Crippen LogP contribution in [-0.4, -0.2) is 47.4 Å². The molecule has 1 aromatic rings. The van der Waals surface area contributed by atoms with Crippen molar-refractivity contribution in [2.24, 2.45) is 0 Å². The van der Waals surface area contributed by atoms with Gasteiger partial charge in [0, 0.05) is 44.1 Å². The second-order valence-corrected chi connectivity index (χ2v) is 7.48. The topological polar surface area (TPSA) is 6.48 Å². The van der Waals surface area contributed by atoms with Crippen molar-refractivity contribution in [2.75, 3.05) is 32.7 Å². The van der Waals surface area contributed by atoms with Crippen molar-refractivity contribution >= 4 is 39.1 Å². The average Bonchev–Trinajstić information content (AvgIpc) is 2.36. The molecule has 0 amide bonds. The van der Waals surface area contributed by atoms with Gasteiger partial charge in [0.1, 0.15) is 0 Å². The van der Waals surface area contributed by atoms with Crippen LogP contribution in [0.25, 0.3) is 0 Å². The lowest BCUT2D eigenvalue weighted by molar-refractivity contribution is 0.129. The van der Waals surface area contributed by atoms with Crippen molar-refractivity contribution in [1.82, 2.24) is 9.80 Å². The van der Waals surface area contributed by atoms with Crippen LogP contribution >= 0.6 is 39.1 Å². The highest BCUT2D eigenvalue weighted by Gasteiger charge is 2.17. The first-order valence-electron chi connectivity index (χ1n) is 6.57. The number of piperazine rings is 1. The Morgan fingerprint density at radius 3 is 2.32 bits per heavy atom. The van der Waals surface area contributed by atoms with E-state index in [0.717, 1.165) is 39.3 Å². The molecule has 1 atom stereocenters. The molecule has 0 spiro atoms. The summed E-state index contributed by atoms with van der Waals surface area (Å²) in [5.41, 5.74) is 1.23. The van der Waals surface area contributed by atoms with Gasteiger partial charge in [-0.15, -0.1) is 0 Å². The first kappa shape index (κ1) is 15.6. The third kappa shape index (κ3) is 4.91. The van der Waals surface area contributed by atoms with Crippen molar-refractivity contribution in [3.8, 4) is 0 Å². The van der Waals surface area contributed by atoms with E-state index in [1.165, 1.54) is 5.56 Å². The van der Waals surface area contributed by atoms with E-state index in [2.05, 4.69) is 38.7 Å². The normalized spacial score (nSPS) is 19.6. The molecule has 0 aliphatic carbocycles. The van der Waals surface area contributed by atoms with Crippen molar-refractivity contribution in [3.05, 3.63) is 33.8 Å². The Morgan fingerprint density at radius 1 is 1.11 bits per heavy atom. The first-order chi connectivity index (χ1) is 9.04. The number of rotatable bonds is 4. The molecule has 0 saturated carbocycles. The smallest absolute Gasteiger partial charge is 0.0595 e. The maximum absolute atomic E-state index is 6.05. The van der Waals surface area contributed by atoms with Gasteiger partial charge in [-0.25, -0.2) is 0 Å². The Bertz CT molecular complexity index is 418. The molecule has 1 heterocycles. The molecule has 19 heavy (non-hydrogen) atoms. The van der Waals surface area contributed by atoms with E-state index >= 15 is 0 Å². The average molecular weight is 366 g/mol. The van der Waals surface area contributed by atoms with E-state index in [1.807, 2.05) is 12.1 Å². The first-order valence-corrected chi connectivity index (χ1v) is 8.24. The highest BCUT2D eigenvalue weighted by Crippen LogP contribution is 2.23. The minimum absolute atomic E-state index is 0.564. The highest BCUT2D eigenvalue weighted by molar-refractivity contribution is 9.09. The Balaban J connectivity index is 1.83. The van der Waals surface area contributed by atoms with E-state index in [4.69, 9.17) is 23.2 Å². The zero-order valence-corrected chi connectivity index (χ0v) is 14.2. The number of hydrogen-bond acceptors (Lipinski definition) is 2. The largest absolute Gasteiger partial charge is 0.300 e. The van der Waals surface area contributed by atoms with E-state index in [1.54, 1.807) is 0 Å². The van der Waals surface area contributed by atoms with Gasteiger partial charge < -0.3 is 0 Å². The summed E-state index contributed by atoms with van der Waals surface area (Å²) in [6.45, 7) is 8.77. The standard InChI is InChI=1S/C14H19BrCl2N2/c1-11(15)9-18-4-6-19(7-5-18)10-12-2-3-13(16)14(17)8-12/h2-3,8,11H,4-7,9-10H2,1H3. The van der Waals surface area contributed by atoms with Gasteiger partial charge in [0.05, 0.1) is 10.0 Å². The molecule has 2 rings (SSSR count). The van der Waals surface area contributed by atoms with Crippen LogP contribution in [-0.2, 0) is 6.54 Å². The van der Waals surface area contributed by atoms with Gasteiger partial charge in [-0.2, -0.15) is 0 Å². The van der Waals surface area contributed by atoms with Gasteiger partial charge in [0.25, 0.3) is 0 Å². The molecule has 1 unspecified atom stereocenters. The number of benzene rings is 1. The van der Waals surface area contributed by atoms with Gasteiger partial charge in [0.15, 0.2) is 0 Å². The highest BCUT2D eigenvalue weighted by atomic mass is 79.9. The molecular weight excluding hydrogens is 347 g/mol. The fourth-order valence-corrected chi connectivity index (χ4v) is 3.11. The molecule has 1 fully saturated rings. The van der Waals surface area contributed by atoms with Crippen LogP contribution < -0.4 is 0 Å². The Morgan fingerprint density at radius 2 is 1.74 bits per heavy atom. The van der Waals surface area contributed by atoms with Crippen LogP contribution in [0.2, 0.25) is 10.0 Å². The number of hydrogen-bond donors (Lipinski definition) is 0. The third-order valence-electron chi connectivity index (χ3n) is 3.36. The summed E-state index contributed by atoms with van der Waals surface area (Å²) < 4.78 is 0. The maximum atomic E-state index is 6.05. The van der Waals surface area contributed by atoms with Crippen molar-refractivity contribution < 1.29 is 0 Å². The zero-order valence-electron chi connectivity index (χ0n) is 11.1. The van der Waals surface area contributed by atoms with Crippen LogP contribution in [0.1, 0.15) is 12.5 Å². The molecule has 5 heteroatoms. The molecule has 1 aliphatic heterocycles. The van der Waals surface area contributed by atoms with E-state index in [-0.39, 0.29) is 0 Å². The van der Waals surface area contributed by atoms with Crippen LogP contribution in [0.3, 0.4) is 0 Å². The minimum Gasteiger partial charge on any atom is -0.300 e. The second kappa shape index (κ2) is 7.28. The summed E-state index contributed by atoms with van der Waals surface area (Å²) in [7, 11) is 0. The van der Waals surface area contributed by atoms with Gasteiger partial charge >= 0.3 is 0 Å². The third-order valence-corrected chi connectivity index (χ3v) is 4.39.